The Morgan fingerprint density at radius 2 is 1.79 bits per heavy atom. The first-order valence-electron chi connectivity index (χ1n) is 11.2. The molecule has 3 fully saturated rings. The average molecular weight is 468 g/mol. The fraction of sp³-hybridized carbons (Fsp3) is 0.360. The number of alkyl halides is 3. The monoisotopic (exact) mass is 468 g/mol. The standard InChI is InChI=1S/C25H23F3N4O2/c1-15-4-2-10-29-22(15)23-18(5-3-11-30-23)24(33)32-14-16-6-8-19(32)20(12-16)34-21-9-7-17(13-31-21)25(26,27)28/h2-5,7,9-11,13,16,19-20H,6,8,12,14H2,1H3/t16-,19+,20-/m1/s1. The second-order valence-corrected chi connectivity index (χ2v) is 8.81. The molecule has 6 nitrogen and oxygen atoms in total. The number of halogens is 3. The van der Waals surface area contributed by atoms with Crippen LogP contribution in [0.4, 0.5) is 13.2 Å². The molecule has 2 saturated heterocycles. The van der Waals surface area contributed by atoms with Crippen molar-refractivity contribution in [3.05, 3.63) is 71.7 Å². The van der Waals surface area contributed by atoms with Gasteiger partial charge >= 0.3 is 6.18 Å². The minimum atomic E-state index is -4.45. The number of amides is 1. The first kappa shape index (κ1) is 22.3. The minimum absolute atomic E-state index is 0.129. The highest BCUT2D eigenvalue weighted by atomic mass is 19.4. The van der Waals surface area contributed by atoms with Gasteiger partial charge in [-0.05, 0) is 61.9 Å². The summed E-state index contributed by atoms with van der Waals surface area (Å²) >= 11 is 0. The van der Waals surface area contributed by atoms with Crippen molar-refractivity contribution in [3.8, 4) is 17.3 Å². The first-order chi connectivity index (χ1) is 16.3. The summed E-state index contributed by atoms with van der Waals surface area (Å²) < 4.78 is 44.5. The van der Waals surface area contributed by atoms with Gasteiger partial charge in [0, 0.05) is 31.2 Å². The number of rotatable bonds is 4. The van der Waals surface area contributed by atoms with Crippen molar-refractivity contribution in [1.82, 2.24) is 19.9 Å². The normalized spacial score (nSPS) is 22.0. The maximum atomic E-state index is 13.7. The molecule has 1 aliphatic carbocycles. The average Bonchev–Trinajstić information content (AvgIpc) is 2.84. The molecule has 5 heterocycles. The van der Waals surface area contributed by atoms with Crippen molar-refractivity contribution in [2.45, 2.75) is 44.5 Å². The van der Waals surface area contributed by atoms with Crippen LogP contribution < -0.4 is 4.74 Å². The quantitative estimate of drug-likeness (QED) is 0.543. The highest BCUT2D eigenvalue weighted by Crippen LogP contribution is 2.39. The molecule has 3 atom stereocenters. The van der Waals surface area contributed by atoms with Crippen molar-refractivity contribution in [3.63, 3.8) is 0 Å². The van der Waals surface area contributed by atoms with Crippen LogP contribution in [0.15, 0.2) is 55.0 Å². The van der Waals surface area contributed by atoms with Crippen molar-refractivity contribution in [2.75, 3.05) is 6.54 Å². The molecular weight excluding hydrogens is 445 g/mol. The zero-order chi connectivity index (χ0) is 23.9. The summed E-state index contributed by atoms with van der Waals surface area (Å²) in [5.41, 5.74) is 1.77. The van der Waals surface area contributed by atoms with Crippen LogP contribution in [-0.2, 0) is 6.18 Å². The lowest BCUT2D eigenvalue weighted by molar-refractivity contribution is -0.137. The van der Waals surface area contributed by atoms with E-state index in [1.54, 1.807) is 24.5 Å². The largest absolute Gasteiger partial charge is 0.472 e. The maximum Gasteiger partial charge on any atom is 0.417 e. The SMILES string of the molecule is Cc1cccnc1-c1ncccc1C(=O)N1C[C@@H]2CC[C@H]1[C@H](Oc1ccc(C(F)(F)F)cn1)C2. The van der Waals surface area contributed by atoms with Gasteiger partial charge in [0.05, 0.1) is 22.9 Å². The highest BCUT2D eigenvalue weighted by Gasteiger charge is 2.45. The summed E-state index contributed by atoms with van der Waals surface area (Å²) in [6.07, 6.45) is 1.78. The molecular formula is C25H23F3N4O2. The van der Waals surface area contributed by atoms with Gasteiger partial charge in [-0.3, -0.25) is 14.8 Å². The van der Waals surface area contributed by atoms with Crippen molar-refractivity contribution < 1.29 is 22.7 Å². The Kier molecular flexibility index (Phi) is 5.71. The van der Waals surface area contributed by atoms with Crippen molar-refractivity contribution in [2.24, 2.45) is 5.92 Å². The fourth-order valence-corrected chi connectivity index (χ4v) is 4.92. The molecule has 2 bridgehead atoms. The number of hydrogen-bond donors (Lipinski definition) is 0. The highest BCUT2D eigenvalue weighted by molar-refractivity contribution is 6.00. The van der Waals surface area contributed by atoms with Gasteiger partial charge in [-0.25, -0.2) is 4.98 Å². The summed E-state index contributed by atoms with van der Waals surface area (Å²) in [6, 6.07) is 9.26. The van der Waals surface area contributed by atoms with E-state index < -0.39 is 11.7 Å². The molecule has 0 radical (unpaired) electrons. The summed E-state index contributed by atoms with van der Waals surface area (Å²) in [7, 11) is 0. The van der Waals surface area contributed by atoms with Gasteiger partial charge in [0.2, 0.25) is 5.88 Å². The second kappa shape index (κ2) is 8.70. The number of piperidine rings is 2. The lowest BCUT2D eigenvalue weighted by Crippen LogP contribution is -2.59. The molecule has 0 spiro atoms. The molecule has 1 saturated carbocycles. The molecule has 1 amide bonds. The number of aryl methyl sites for hydroxylation is 1. The molecule has 0 aromatic carbocycles. The maximum absolute atomic E-state index is 13.7. The third-order valence-electron chi connectivity index (χ3n) is 6.59. The molecule has 0 unspecified atom stereocenters. The van der Waals surface area contributed by atoms with Crippen LogP contribution in [0.5, 0.6) is 5.88 Å². The third-order valence-corrected chi connectivity index (χ3v) is 6.59. The van der Waals surface area contributed by atoms with Gasteiger partial charge < -0.3 is 9.64 Å². The van der Waals surface area contributed by atoms with Gasteiger partial charge in [-0.1, -0.05) is 6.07 Å². The topological polar surface area (TPSA) is 68.2 Å². The smallest absolute Gasteiger partial charge is 0.417 e. The Labute approximate surface area is 194 Å². The van der Waals surface area contributed by atoms with Crippen LogP contribution in [0, 0.1) is 12.8 Å². The Morgan fingerprint density at radius 1 is 1.03 bits per heavy atom. The van der Waals surface area contributed by atoms with Crippen LogP contribution in [0.3, 0.4) is 0 Å². The number of carbonyl (C=O) groups excluding carboxylic acids is 1. The van der Waals surface area contributed by atoms with E-state index >= 15 is 0 Å². The lowest BCUT2D eigenvalue weighted by Gasteiger charge is -2.49. The molecule has 2 aliphatic heterocycles. The summed E-state index contributed by atoms with van der Waals surface area (Å²) in [5.74, 6) is 0.241. The Bertz CT molecular complexity index is 1200. The number of hydrogen-bond acceptors (Lipinski definition) is 5. The van der Waals surface area contributed by atoms with Gasteiger partial charge in [0.1, 0.15) is 11.8 Å². The van der Waals surface area contributed by atoms with E-state index in [9.17, 15) is 18.0 Å². The number of pyridine rings is 3. The van der Waals surface area contributed by atoms with Crippen LogP contribution in [0.25, 0.3) is 11.4 Å². The second-order valence-electron chi connectivity index (χ2n) is 8.81. The number of aromatic nitrogens is 3. The van der Waals surface area contributed by atoms with Gasteiger partial charge in [0.25, 0.3) is 5.91 Å². The van der Waals surface area contributed by atoms with Gasteiger partial charge in [-0.15, -0.1) is 0 Å². The summed E-state index contributed by atoms with van der Waals surface area (Å²) in [5, 5.41) is 0. The zero-order valence-corrected chi connectivity index (χ0v) is 18.5. The van der Waals surface area contributed by atoms with E-state index in [-0.39, 0.29) is 29.9 Å². The van der Waals surface area contributed by atoms with Crippen LogP contribution in [-0.4, -0.2) is 44.4 Å². The Morgan fingerprint density at radius 3 is 2.47 bits per heavy atom. The fourth-order valence-electron chi connectivity index (χ4n) is 4.92. The van der Waals surface area contributed by atoms with E-state index in [1.165, 1.54) is 6.07 Å². The van der Waals surface area contributed by atoms with E-state index in [0.717, 1.165) is 37.1 Å². The van der Waals surface area contributed by atoms with Crippen LogP contribution in [0.2, 0.25) is 0 Å². The molecule has 34 heavy (non-hydrogen) atoms. The summed E-state index contributed by atoms with van der Waals surface area (Å²) in [4.78, 5) is 28.3. The molecule has 9 heteroatoms. The molecule has 176 valence electrons. The molecule has 3 aromatic rings. The predicted molar refractivity (Wildman–Crippen MR) is 118 cm³/mol. The summed E-state index contributed by atoms with van der Waals surface area (Å²) in [6.45, 7) is 2.54. The molecule has 0 N–H and O–H groups in total. The number of ether oxygens (including phenoxy) is 1. The number of carbonyl (C=O) groups is 1. The Hall–Kier alpha value is -3.49. The lowest BCUT2D eigenvalue weighted by atomic mass is 9.77. The van der Waals surface area contributed by atoms with Gasteiger partial charge in [-0.2, -0.15) is 13.2 Å². The minimum Gasteiger partial charge on any atom is -0.472 e. The van der Waals surface area contributed by atoms with E-state index in [2.05, 4.69) is 15.0 Å². The predicted octanol–water partition coefficient (Wildman–Crippen LogP) is 4.94. The van der Waals surface area contributed by atoms with Crippen LogP contribution in [0.1, 0.15) is 40.7 Å². The van der Waals surface area contributed by atoms with Gasteiger partial charge in [0.15, 0.2) is 0 Å². The zero-order valence-electron chi connectivity index (χ0n) is 18.5. The van der Waals surface area contributed by atoms with E-state index in [4.69, 9.17) is 4.74 Å². The van der Waals surface area contributed by atoms with E-state index in [1.807, 2.05) is 24.0 Å². The third kappa shape index (κ3) is 4.22. The Balaban J connectivity index is 1.40. The van der Waals surface area contributed by atoms with E-state index in [0.29, 0.717) is 23.5 Å². The molecule has 6 rings (SSSR count). The van der Waals surface area contributed by atoms with Crippen molar-refractivity contribution >= 4 is 5.91 Å². The van der Waals surface area contributed by atoms with Crippen molar-refractivity contribution in [1.29, 1.82) is 0 Å². The molecule has 3 aliphatic rings. The number of fused-ring (bicyclic) bond motifs is 3. The first-order valence-corrected chi connectivity index (χ1v) is 11.2. The number of nitrogens with zero attached hydrogens (tertiary/aromatic N) is 4. The van der Waals surface area contributed by atoms with Crippen LogP contribution >= 0.6 is 0 Å². The molecule has 3 aromatic heterocycles.